The molecule has 19 heavy (non-hydrogen) atoms. The number of ether oxygens (including phenoxy) is 1. The fourth-order valence-electron chi connectivity index (χ4n) is 1.49. The van der Waals surface area contributed by atoms with Crippen LogP contribution in [0.2, 0.25) is 0 Å². The Hall–Kier alpha value is -2.34. The van der Waals surface area contributed by atoms with Gasteiger partial charge in [0.1, 0.15) is 18.6 Å². The van der Waals surface area contributed by atoms with Gasteiger partial charge in [0.2, 0.25) is 11.7 Å². The molecule has 0 atom stereocenters. The summed E-state index contributed by atoms with van der Waals surface area (Å²) >= 11 is 1.53. The maximum absolute atomic E-state index is 11.5. The molecular weight excluding hydrogens is 266 g/mol. The maximum atomic E-state index is 11.5. The Labute approximate surface area is 112 Å². The Morgan fingerprint density at radius 3 is 3.00 bits per heavy atom. The van der Waals surface area contributed by atoms with Crippen LogP contribution in [-0.4, -0.2) is 11.0 Å². The second-order valence-corrected chi connectivity index (χ2v) is 4.62. The number of furan rings is 1. The molecule has 0 aromatic carbocycles. The molecule has 0 aliphatic rings. The van der Waals surface area contributed by atoms with E-state index in [0.29, 0.717) is 11.6 Å². The van der Waals surface area contributed by atoms with Crippen molar-refractivity contribution in [2.24, 2.45) is 0 Å². The van der Waals surface area contributed by atoms with E-state index in [9.17, 15) is 4.79 Å². The number of aromatic nitrogens is 1. The summed E-state index contributed by atoms with van der Waals surface area (Å²) in [5.74, 6) is 0.173. The largest absolute Gasteiger partial charge is 0.457 e. The number of carbonyl (C=O) groups excluding carboxylic acids is 1. The van der Waals surface area contributed by atoms with Crippen LogP contribution in [0.3, 0.4) is 0 Å². The summed E-state index contributed by atoms with van der Waals surface area (Å²) in [6.45, 7) is 0.0500. The SMILES string of the molecule is O=C(OCc1coc(-c2cccs2)n1)c1ccco1. The highest BCUT2D eigenvalue weighted by Gasteiger charge is 2.12. The van der Waals surface area contributed by atoms with Crippen molar-refractivity contribution in [1.82, 2.24) is 4.98 Å². The van der Waals surface area contributed by atoms with E-state index in [2.05, 4.69) is 4.98 Å². The number of rotatable bonds is 4. The smallest absolute Gasteiger partial charge is 0.374 e. The lowest BCUT2D eigenvalue weighted by atomic mass is 10.4. The van der Waals surface area contributed by atoms with E-state index in [4.69, 9.17) is 13.6 Å². The zero-order chi connectivity index (χ0) is 13.1. The van der Waals surface area contributed by atoms with E-state index >= 15 is 0 Å². The minimum Gasteiger partial charge on any atom is -0.457 e. The van der Waals surface area contributed by atoms with Crippen LogP contribution in [0.5, 0.6) is 0 Å². The Morgan fingerprint density at radius 1 is 1.32 bits per heavy atom. The molecule has 96 valence electrons. The molecule has 0 aliphatic carbocycles. The van der Waals surface area contributed by atoms with Crippen molar-refractivity contribution in [3.05, 3.63) is 53.6 Å². The topological polar surface area (TPSA) is 65.5 Å². The molecule has 0 saturated heterocycles. The monoisotopic (exact) mass is 275 g/mol. The van der Waals surface area contributed by atoms with Crippen molar-refractivity contribution in [3.63, 3.8) is 0 Å². The standard InChI is InChI=1S/C13H9NO4S/c15-13(10-3-1-5-16-10)18-8-9-7-17-12(14-9)11-4-2-6-19-11/h1-7H,8H2. The highest BCUT2D eigenvalue weighted by atomic mass is 32.1. The van der Waals surface area contributed by atoms with Crippen LogP contribution in [0.1, 0.15) is 16.2 Å². The van der Waals surface area contributed by atoms with Gasteiger partial charge in [0.25, 0.3) is 0 Å². The summed E-state index contributed by atoms with van der Waals surface area (Å²) in [6, 6.07) is 7.00. The lowest BCUT2D eigenvalue weighted by Crippen LogP contribution is -2.03. The van der Waals surface area contributed by atoms with Crippen LogP contribution in [-0.2, 0) is 11.3 Å². The lowest BCUT2D eigenvalue weighted by molar-refractivity contribution is 0.0431. The molecule has 0 amide bonds. The van der Waals surface area contributed by atoms with Crippen LogP contribution in [0.4, 0.5) is 0 Å². The van der Waals surface area contributed by atoms with Gasteiger partial charge in [0.15, 0.2) is 0 Å². The number of thiophene rings is 1. The molecule has 0 spiro atoms. The Kier molecular flexibility index (Phi) is 3.16. The molecule has 0 bridgehead atoms. The zero-order valence-corrected chi connectivity index (χ0v) is 10.6. The average Bonchev–Trinajstić information content (AvgIpc) is 3.14. The first-order valence-corrected chi connectivity index (χ1v) is 6.40. The number of oxazole rings is 1. The van der Waals surface area contributed by atoms with Gasteiger partial charge in [-0.2, -0.15) is 0 Å². The number of hydrogen-bond donors (Lipinski definition) is 0. The summed E-state index contributed by atoms with van der Waals surface area (Å²) in [7, 11) is 0. The molecule has 0 fully saturated rings. The third-order valence-corrected chi connectivity index (χ3v) is 3.22. The molecule has 0 unspecified atom stereocenters. The van der Waals surface area contributed by atoms with Crippen molar-refractivity contribution in [2.45, 2.75) is 6.61 Å². The molecule has 6 heteroatoms. The number of carbonyl (C=O) groups is 1. The maximum Gasteiger partial charge on any atom is 0.374 e. The average molecular weight is 275 g/mol. The highest BCUT2D eigenvalue weighted by Crippen LogP contribution is 2.23. The van der Waals surface area contributed by atoms with Crippen LogP contribution in [0.25, 0.3) is 10.8 Å². The predicted octanol–water partition coefficient (Wildman–Crippen LogP) is 3.35. The van der Waals surface area contributed by atoms with Gasteiger partial charge in [-0.25, -0.2) is 9.78 Å². The summed E-state index contributed by atoms with van der Waals surface area (Å²) in [5.41, 5.74) is 0.559. The molecule has 0 aliphatic heterocycles. The van der Waals surface area contributed by atoms with Gasteiger partial charge in [-0.05, 0) is 23.6 Å². The van der Waals surface area contributed by atoms with Crippen LogP contribution >= 0.6 is 11.3 Å². The van der Waals surface area contributed by atoms with Gasteiger partial charge in [-0.15, -0.1) is 11.3 Å². The zero-order valence-electron chi connectivity index (χ0n) is 9.74. The summed E-state index contributed by atoms with van der Waals surface area (Å²) < 4.78 is 15.3. The summed E-state index contributed by atoms with van der Waals surface area (Å²) in [5, 5.41) is 1.94. The first-order chi connectivity index (χ1) is 9.33. The lowest BCUT2D eigenvalue weighted by Gasteiger charge is -1.98. The number of hydrogen-bond acceptors (Lipinski definition) is 6. The van der Waals surface area contributed by atoms with Gasteiger partial charge in [0.05, 0.1) is 11.1 Å². The fourth-order valence-corrected chi connectivity index (χ4v) is 2.15. The Morgan fingerprint density at radius 2 is 2.26 bits per heavy atom. The fraction of sp³-hybridized carbons (Fsp3) is 0.0769. The van der Waals surface area contributed by atoms with Crippen molar-refractivity contribution < 1.29 is 18.4 Å². The quantitative estimate of drug-likeness (QED) is 0.683. The Bertz CT molecular complexity index is 655. The molecule has 3 heterocycles. The highest BCUT2D eigenvalue weighted by molar-refractivity contribution is 7.13. The second kappa shape index (κ2) is 5.11. The normalized spacial score (nSPS) is 10.5. The second-order valence-electron chi connectivity index (χ2n) is 3.67. The van der Waals surface area contributed by atoms with E-state index in [-0.39, 0.29) is 12.4 Å². The van der Waals surface area contributed by atoms with Gasteiger partial charge in [0, 0.05) is 0 Å². The Balaban J connectivity index is 1.63. The van der Waals surface area contributed by atoms with Crippen molar-refractivity contribution in [1.29, 1.82) is 0 Å². The van der Waals surface area contributed by atoms with Crippen molar-refractivity contribution >= 4 is 17.3 Å². The van der Waals surface area contributed by atoms with Crippen LogP contribution in [0.15, 0.2) is 51.0 Å². The molecule has 3 rings (SSSR count). The third kappa shape index (κ3) is 2.58. The molecular formula is C13H9NO4S. The van der Waals surface area contributed by atoms with E-state index in [1.807, 2.05) is 17.5 Å². The number of esters is 1. The predicted molar refractivity (Wildman–Crippen MR) is 67.6 cm³/mol. The summed E-state index contributed by atoms with van der Waals surface area (Å²) in [6.07, 6.45) is 2.89. The first kappa shape index (κ1) is 11.7. The van der Waals surface area contributed by atoms with Gasteiger partial charge in [-0.3, -0.25) is 0 Å². The minimum atomic E-state index is -0.523. The van der Waals surface area contributed by atoms with Crippen LogP contribution < -0.4 is 0 Å². The molecule has 5 nitrogen and oxygen atoms in total. The third-order valence-electron chi connectivity index (χ3n) is 2.36. The molecule has 0 N–H and O–H groups in total. The van der Waals surface area contributed by atoms with E-state index < -0.39 is 5.97 Å². The minimum absolute atomic E-state index is 0.0500. The van der Waals surface area contributed by atoms with Gasteiger partial charge >= 0.3 is 5.97 Å². The molecule has 3 aromatic heterocycles. The van der Waals surface area contributed by atoms with Crippen LogP contribution in [0, 0.1) is 0 Å². The van der Waals surface area contributed by atoms with Gasteiger partial charge < -0.3 is 13.6 Å². The number of nitrogens with zero attached hydrogens (tertiary/aromatic N) is 1. The molecule has 0 saturated carbocycles. The van der Waals surface area contributed by atoms with Crippen molar-refractivity contribution in [3.8, 4) is 10.8 Å². The van der Waals surface area contributed by atoms with Gasteiger partial charge in [-0.1, -0.05) is 6.07 Å². The summed E-state index contributed by atoms with van der Waals surface area (Å²) in [4.78, 5) is 16.7. The van der Waals surface area contributed by atoms with E-state index in [1.165, 1.54) is 23.9 Å². The molecule has 0 radical (unpaired) electrons. The van der Waals surface area contributed by atoms with E-state index in [1.54, 1.807) is 12.1 Å². The first-order valence-electron chi connectivity index (χ1n) is 5.52. The van der Waals surface area contributed by atoms with Crippen molar-refractivity contribution in [2.75, 3.05) is 0 Å². The van der Waals surface area contributed by atoms with E-state index in [0.717, 1.165) is 4.88 Å². The molecule has 3 aromatic rings.